The molecule has 0 fully saturated rings. The molecule has 0 aliphatic carbocycles. The average molecular weight is 557 g/mol. The Bertz CT molecular complexity index is 1550. The summed E-state index contributed by atoms with van der Waals surface area (Å²) in [5.74, 6) is -0.911. The van der Waals surface area contributed by atoms with E-state index < -0.39 is 21.2 Å². The first kappa shape index (κ1) is 26.8. The molecule has 1 N–H and O–H groups in total. The SMILES string of the molecule is COc1cc(/C=N\NC(=O)[C@H](C)Sc2nnnn2-c2ccccc2)ccc1OS(=O)(=O)c1ccc(F)cc1. The van der Waals surface area contributed by atoms with Crippen LogP contribution in [0.2, 0.25) is 0 Å². The van der Waals surface area contributed by atoms with E-state index in [0.29, 0.717) is 10.7 Å². The number of thioether (sulfide) groups is 1. The Morgan fingerprint density at radius 2 is 1.84 bits per heavy atom. The van der Waals surface area contributed by atoms with E-state index in [1.807, 2.05) is 30.3 Å². The summed E-state index contributed by atoms with van der Waals surface area (Å²) in [5.41, 5.74) is 3.72. The lowest BCUT2D eigenvalue weighted by molar-refractivity contribution is -0.120. The van der Waals surface area contributed by atoms with Gasteiger partial charge in [0.1, 0.15) is 10.7 Å². The molecule has 0 bridgehead atoms. The van der Waals surface area contributed by atoms with Crippen LogP contribution in [0.3, 0.4) is 0 Å². The number of rotatable bonds is 10. The first-order valence-electron chi connectivity index (χ1n) is 11.0. The van der Waals surface area contributed by atoms with Crippen molar-refractivity contribution in [3.8, 4) is 17.2 Å². The highest BCUT2D eigenvalue weighted by Crippen LogP contribution is 2.30. The van der Waals surface area contributed by atoms with Gasteiger partial charge in [-0.25, -0.2) is 9.82 Å². The van der Waals surface area contributed by atoms with E-state index in [1.165, 1.54) is 36.2 Å². The largest absolute Gasteiger partial charge is 0.493 e. The molecular formula is C24H21FN6O5S2. The molecule has 0 radical (unpaired) electrons. The Kier molecular flexibility index (Phi) is 8.33. The van der Waals surface area contributed by atoms with Gasteiger partial charge < -0.3 is 8.92 Å². The van der Waals surface area contributed by atoms with Crippen molar-refractivity contribution in [2.75, 3.05) is 7.11 Å². The molecular weight excluding hydrogens is 535 g/mol. The van der Waals surface area contributed by atoms with Crippen molar-refractivity contribution in [2.45, 2.75) is 22.2 Å². The van der Waals surface area contributed by atoms with Gasteiger partial charge in [0.05, 0.1) is 24.3 Å². The number of amides is 1. The van der Waals surface area contributed by atoms with Crippen LogP contribution in [0.5, 0.6) is 11.5 Å². The van der Waals surface area contributed by atoms with Crippen LogP contribution >= 0.6 is 11.8 Å². The molecule has 1 aromatic heterocycles. The van der Waals surface area contributed by atoms with Crippen molar-refractivity contribution in [3.63, 3.8) is 0 Å². The Balaban J connectivity index is 1.38. The lowest BCUT2D eigenvalue weighted by Gasteiger charge is -2.11. The number of hydrogen-bond acceptors (Lipinski definition) is 10. The third kappa shape index (κ3) is 6.52. The second kappa shape index (κ2) is 11.8. The quantitative estimate of drug-likeness (QED) is 0.135. The minimum absolute atomic E-state index is 0.0702. The number of aromatic nitrogens is 4. The van der Waals surface area contributed by atoms with Crippen LogP contribution in [0.1, 0.15) is 12.5 Å². The van der Waals surface area contributed by atoms with Crippen molar-refractivity contribution < 1.29 is 26.5 Å². The lowest BCUT2D eigenvalue weighted by Crippen LogP contribution is -2.27. The molecule has 0 aliphatic heterocycles. The molecule has 1 heterocycles. The van der Waals surface area contributed by atoms with Crippen molar-refractivity contribution in [1.82, 2.24) is 25.6 Å². The van der Waals surface area contributed by atoms with E-state index >= 15 is 0 Å². The summed E-state index contributed by atoms with van der Waals surface area (Å²) in [6.45, 7) is 1.69. The van der Waals surface area contributed by atoms with Crippen molar-refractivity contribution in [1.29, 1.82) is 0 Å². The number of hydrazone groups is 1. The number of halogens is 1. The fourth-order valence-electron chi connectivity index (χ4n) is 3.06. The number of carbonyl (C=O) groups excluding carboxylic acids is 1. The van der Waals surface area contributed by atoms with Gasteiger partial charge in [0, 0.05) is 0 Å². The highest BCUT2D eigenvalue weighted by atomic mass is 32.2. The lowest BCUT2D eigenvalue weighted by atomic mass is 10.2. The Morgan fingerprint density at radius 3 is 2.55 bits per heavy atom. The second-order valence-corrected chi connectivity index (χ2v) is 10.5. The minimum atomic E-state index is -4.21. The van der Waals surface area contributed by atoms with Gasteiger partial charge in [0.2, 0.25) is 5.16 Å². The molecule has 196 valence electrons. The third-order valence-electron chi connectivity index (χ3n) is 4.97. The molecule has 0 spiro atoms. The van der Waals surface area contributed by atoms with E-state index in [9.17, 15) is 17.6 Å². The zero-order valence-electron chi connectivity index (χ0n) is 20.1. The number of ether oxygens (including phenoxy) is 1. The van der Waals surface area contributed by atoms with Crippen molar-refractivity contribution in [2.24, 2.45) is 5.10 Å². The molecule has 38 heavy (non-hydrogen) atoms. The molecule has 3 aromatic carbocycles. The van der Waals surface area contributed by atoms with Crippen LogP contribution < -0.4 is 14.3 Å². The summed E-state index contributed by atoms with van der Waals surface area (Å²) in [6, 6.07) is 17.9. The standard InChI is InChI=1S/C24H21FN6O5S2/c1-16(37-24-28-29-30-31(24)19-6-4-3-5-7-19)23(32)27-26-15-17-8-13-21(22(14-17)35-2)36-38(33,34)20-11-9-18(25)10-12-20/h3-16H,1-2H3,(H,27,32)/b26-15-/t16-/m0/s1. The maximum absolute atomic E-state index is 13.1. The van der Waals surface area contributed by atoms with Gasteiger partial charge in [0.15, 0.2) is 11.5 Å². The molecule has 4 aromatic rings. The highest BCUT2D eigenvalue weighted by molar-refractivity contribution is 8.00. The van der Waals surface area contributed by atoms with Crippen LogP contribution in [-0.4, -0.2) is 53.1 Å². The average Bonchev–Trinajstić information content (AvgIpc) is 3.38. The smallest absolute Gasteiger partial charge is 0.339 e. The molecule has 4 rings (SSSR count). The van der Waals surface area contributed by atoms with Crippen LogP contribution in [0.15, 0.2) is 87.9 Å². The summed E-state index contributed by atoms with van der Waals surface area (Å²) >= 11 is 1.16. The van der Waals surface area contributed by atoms with Gasteiger partial charge >= 0.3 is 10.1 Å². The molecule has 11 nitrogen and oxygen atoms in total. The Morgan fingerprint density at radius 1 is 1.11 bits per heavy atom. The van der Waals surface area contributed by atoms with E-state index in [4.69, 9.17) is 8.92 Å². The molecule has 1 amide bonds. The minimum Gasteiger partial charge on any atom is -0.493 e. The van der Waals surface area contributed by atoms with Crippen LogP contribution in [0, 0.1) is 5.82 Å². The summed E-state index contributed by atoms with van der Waals surface area (Å²) in [6.07, 6.45) is 1.37. The number of para-hydroxylation sites is 1. The molecule has 0 saturated carbocycles. The van der Waals surface area contributed by atoms with Gasteiger partial charge in [0.25, 0.3) is 5.91 Å². The van der Waals surface area contributed by atoms with Gasteiger partial charge in [-0.05, 0) is 77.5 Å². The fraction of sp³-hybridized carbons (Fsp3) is 0.125. The van der Waals surface area contributed by atoms with Gasteiger partial charge in [-0.1, -0.05) is 30.0 Å². The maximum Gasteiger partial charge on any atom is 0.339 e. The normalized spacial score (nSPS) is 12.3. The third-order valence-corrected chi connectivity index (χ3v) is 7.25. The van der Waals surface area contributed by atoms with Crippen molar-refractivity contribution in [3.05, 3.63) is 84.2 Å². The summed E-state index contributed by atoms with van der Waals surface area (Å²) in [7, 11) is -2.87. The van der Waals surface area contributed by atoms with Gasteiger partial charge in [-0.15, -0.1) is 5.10 Å². The number of hydrogen-bond donors (Lipinski definition) is 1. The van der Waals surface area contributed by atoms with E-state index in [1.54, 1.807) is 6.92 Å². The number of nitrogens with zero attached hydrogens (tertiary/aromatic N) is 5. The van der Waals surface area contributed by atoms with E-state index in [-0.39, 0.29) is 22.3 Å². The molecule has 0 saturated heterocycles. The second-order valence-electron chi connectivity index (χ2n) is 7.60. The van der Waals surface area contributed by atoms with Gasteiger partial charge in [-0.3, -0.25) is 4.79 Å². The van der Waals surface area contributed by atoms with E-state index in [2.05, 4.69) is 26.1 Å². The van der Waals surface area contributed by atoms with Crippen LogP contribution in [-0.2, 0) is 14.9 Å². The number of benzene rings is 3. The first-order valence-corrected chi connectivity index (χ1v) is 13.3. The summed E-state index contributed by atoms with van der Waals surface area (Å²) in [5, 5.41) is 15.5. The molecule has 1 atom stereocenters. The summed E-state index contributed by atoms with van der Waals surface area (Å²) in [4.78, 5) is 12.3. The monoisotopic (exact) mass is 556 g/mol. The van der Waals surface area contributed by atoms with Gasteiger partial charge in [-0.2, -0.15) is 18.2 Å². The first-order chi connectivity index (χ1) is 18.3. The van der Waals surface area contributed by atoms with Crippen LogP contribution in [0.4, 0.5) is 4.39 Å². The highest BCUT2D eigenvalue weighted by Gasteiger charge is 2.20. The van der Waals surface area contributed by atoms with Crippen LogP contribution in [0.25, 0.3) is 5.69 Å². The molecule has 0 unspecified atom stereocenters. The topological polar surface area (TPSA) is 138 Å². The van der Waals surface area contributed by atoms with Crippen molar-refractivity contribution >= 4 is 34.0 Å². The predicted octanol–water partition coefficient (Wildman–Crippen LogP) is 3.21. The Labute approximate surface area is 221 Å². The zero-order chi connectivity index (χ0) is 27.1. The van der Waals surface area contributed by atoms with E-state index in [0.717, 1.165) is 41.7 Å². The zero-order valence-corrected chi connectivity index (χ0v) is 21.7. The number of methoxy groups -OCH3 is 1. The number of nitrogens with one attached hydrogen (secondary N) is 1. The number of carbonyl (C=O) groups is 1. The predicted molar refractivity (Wildman–Crippen MR) is 137 cm³/mol. The Hall–Kier alpha value is -4.30. The number of tetrazole rings is 1. The molecule has 14 heteroatoms. The summed E-state index contributed by atoms with van der Waals surface area (Å²) < 4.78 is 50.1. The maximum atomic E-state index is 13.1. The fourth-order valence-corrected chi connectivity index (χ4v) is 4.80. The molecule has 0 aliphatic rings.